The molecule has 4 unspecified atom stereocenters. The lowest BCUT2D eigenvalue weighted by Gasteiger charge is -2.24. The van der Waals surface area contributed by atoms with E-state index in [1.807, 2.05) is 12.1 Å². The molecule has 2 bridgehead atoms. The normalized spacial score (nSPS) is 32.9. The molecule has 0 amide bonds. The Hall–Kier alpha value is -0.930. The number of nitrogens with zero attached hydrogens (tertiary/aromatic N) is 1. The Morgan fingerprint density at radius 3 is 2.76 bits per heavy atom. The quantitative estimate of drug-likeness (QED) is 0.833. The summed E-state index contributed by atoms with van der Waals surface area (Å²) in [7, 11) is 0. The minimum Gasteiger partial charge on any atom is -0.387 e. The molecule has 2 saturated carbocycles. The van der Waals surface area contributed by atoms with Gasteiger partial charge in [-0.1, -0.05) is 6.42 Å². The van der Waals surface area contributed by atoms with Gasteiger partial charge in [0.1, 0.15) is 0 Å². The van der Waals surface area contributed by atoms with Gasteiger partial charge in [-0.2, -0.15) is 0 Å². The number of rotatable bonds is 4. The zero-order valence-electron chi connectivity index (χ0n) is 10.0. The molecule has 1 heterocycles. The Labute approximate surface area is 102 Å². The Kier molecular flexibility index (Phi) is 3.12. The van der Waals surface area contributed by atoms with E-state index in [1.165, 1.54) is 25.7 Å². The molecule has 17 heavy (non-hydrogen) atoms. The summed E-state index contributed by atoms with van der Waals surface area (Å²) in [4.78, 5) is 3.96. The molecule has 4 atom stereocenters. The van der Waals surface area contributed by atoms with Gasteiger partial charge in [-0.25, -0.2) is 0 Å². The fourth-order valence-electron chi connectivity index (χ4n) is 3.46. The number of hydrogen-bond donors (Lipinski definition) is 2. The third-order valence-corrected chi connectivity index (χ3v) is 4.40. The number of aliphatic hydroxyl groups is 1. The first-order chi connectivity index (χ1) is 8.33. The Morgan fingerprint density at radius 2 is 2.12 bits per heavy atom. The summed E-state index contributed by atoms with van der Waals surface area (Å²) >= 11 is 0. The molecule has 0 aliphatic heterocycles. The van der Waals surface area contributed by atoms with Crippen molar-refractivity contribution in [3.8, 4) is 0 Å². The second kappa shape index (κ2) is 4.75. The Bertz CT molecular complexity index is 368. The first-order valence-electron chi connectivity index (χ1n) is 6.64. The van der Waals surface area contributed by atoms with Crippen LogP contribution >= 0.6 is 0 Å². The van der Waals surface area contributed by atoms with E-state index in [2.05, 4.69) is 10.3 Å². The number of pyridine rings is 1. The van der Waals surface area contributed by atoms with Crippen molar-refractivity contribution in [2.24, 2.45) is 11.8 Å². The smallest absolute Gasteiger partial charge is 0.0915 e. The van der Waals surface area contributed by atoms with Crippen molar-refractivity contribution >= 4 is 0 Å². The van der Waals surface area contributed by atoms with Crippen LogP contribution in [0.15, 0.2) is 24.5 Å². The summed E-state index contributed by atoms with van der Waals surface area (Å²) in [5, 5.41) is 13.6. The molecule has 92 valence electrons. The molecule has 2 aliphatic rings. The standard InChI is InChI=1S/C14H20N2O/c17-14(11-3-5-15-6-4-11)9-16-13-8-10-1-2-12(13)7-10/h3-6,10,12-14,16-17H,1-2,7-9H2. The third kappa shape index (κ3) is 2.35. The summed E-state index contributed by atoms with van der Waals surface area (Å²) in [6.07, 6.45) is 8.59. The molecule has 0 saturated heterocycles. The molecule has 0 aromatic carbocycles. The van der Waals surface area contributed by atoms with Crippen molar-refractivity contribution in [2.45, 2.75) is 37.8 Å². The van der Waals surface area contributed by atoms with E-state index in [-0.39, 0.29) is 0 Å². The predicted octanol–water partition coefficient (Wildman–Crippen LogP) is 1.89. The van der Waals surface area contributed by atoms with Crippen LogP contribution in [0.25, 0.3) is 0 Å². The van der Waals surface area contributed by atoms with E-state index in [0.717, 1.165) is 17.4 Å². The highest BCUT2D eigenvalue weighted by Gasteiger charge is 2.39. The van der Waals surface area contributed by atoms with Gasteiger partial charge in [0, 0.05) is 25.0 Å². The van der Waals surface area contributed by atoms with Gasteiger partial charge in [0.2, 0.25) is 0 Å². The van der Waals surface area contributed by atoms with E-state index in [1.54, 1.807) is 12.4 Å². The Balaban J connectivity index is 1.51. The van der Waals surface area contributed by atoms with Gasteiger partial charge in [0.15, 0.2) is 0 Å². The molecular formula is C14H20N2O. The van der Waals surface area contributed by atoms with Crippen LogP contribution in [0.3, 0.4) is 0 Å². The highest BCUT2D eigenvalue weighted by molar-refractivity contribution is 5.13. The van der Waals surface area contributed by atoms with Crippen molar-refractivity contribution in [1.29, 1.82) is 0 Å². The zero-order chi connectivity index (χ0) is 11.7. The second-order valence-electron chi connectivity index (χ2n) is 5.49. The lowest BCUT2D eigenvalue weighted by atomic mass is 9.95. The predicted molar refractivity (Wildman–Crippen MR) is 66.4 cm³/mol. The summed E-state index contributed by atoms with van der Waals surface area (Å²) in [6.45, 7) is 0.665. The SMILES string of the molecule is OC(CNC1CC2CCC1C2)c1ccncc1. The number of hydrogen-bond acceptors (Lipinski definition) is 3. The molecule has 1 aromatic rings. The minimum atomic E-state index is -0.405. The van der Waals surface area contributed by atoms with Crippen molar-refractivity contribution in [1.82, 2.24) is 10.3 Å². The summed E-state index contributed by atoms with van der Waals surface area (Å²) in [5.74, 6) is 1.82. The molecule has 3 nitrogen and oxygen atoms in total. The van der Waals surface area contributed by atoms with Gasteiger partial charge >= 0.3 is 0 Å². The van der Waals surface area contributed by atoms with Gasteiger partial charge in [0.05, 0.1) is 6.10 Å². The van der Waals surface area contributed by atoms with Gasteiger partial charge < -0.3 is 10.4 Å². The highest BCUT2D eigenvalue weighted by Crippen LogP contribution is 2.44. The van der Waals surface area contributed by atoms with Crippen LogP contribution < -0.4 is 5.32 Å². The van der Waals surface area contributed by atoms with E-state index >= 15 is 0 Å². The van der Waals surface area contributed by atoms with E-state index < -0.39 is 6.10 Å². The number of nitrogens with one attached hydrogen (secondary N) is 1. The number of fused-ring (bicyclic) bond motifs is 2. The first-order valence-corrected chi connectivity index (χ1v) is 6.64. The fraction of sp³-hybridized carbons (Fsp3) is 0.643. The third-order valence-electron chi connectivity index (χ3n) is 4.40. The number of aliphatic hydroxyl groups excluding tert-OH is 1. The number of aromatic nitrogens is 1. The maximum Gasteiger partial charge on any atom is 0.0915 e. The molecule has 1 aromatic heterocycles. The molecular weight excluding hydrogens is 212 g/mol. The van der Waals surface area contributed by atoms with E-state index in [0.29, 0.717) is 12.6 Å². The molecule has 0 radical (unpaired) electrons. The minimum absolute atomic E-state index is 0.405. The van der Waals surface area contributed by atoms with Crippen molar-refractivity contribution in [3.05, 3.63) is 30.1 Å². The maximum atomic E-state index is 10.1. The average molecular weight is 232 g/mol. The largest absolute Gasteiger partial charge is 0.387 e. The van der Waals surface area contributed by atoms with Crippen molar-refractivity contribution < 1.29 is 5.11 Å². The second-order valence-corrected chi connectivity index (χ2v) is 5.49. The first kappa shape index (κ1) is 11.2. The van der Waals surface area contributed by atoms with Crippen LogP contribution in [0.5, 0.6) is 0 Å². The van der Waals surface area contributed by atoms with Crippen LogP contribution in [0, 0.1) is 11.8 Å². The van der Waals surface area contributed by atoms with Gasteiger partial charge in [-0.3, -0.25) is 4.98 Å². The van der Waals surface area contributed by atoms with Gasteiger partial charge in [0.25, 0.3) is 0 Å². The molecule has 2 N–H and O–H groups in total. The highest BCUT2D eigenvalue weighted by atomic mass is 16.3. The van der Waals surface area contributed by atoms with Crippen LogP contribution in [-0.2, 0) is 0 Å². The molecule has 3 rings (SSSR count). The summed E-state index contributed by atoms with van der Waals surface area (Å²) in [5.41, 5.74) is 0.954. The van der Waals surface area contributed by atoms with Crippen molar-refractivity contribution in [3.63, 3.8) is 0 Å². The monoisotopic (exact) mass is 232 g/mol. The van der Waals surface area contributed by atoms with Crippen LogP contribution in [0.4, 0.5) is 0 Å². The molecule has 3 heteroatoms. The van der Waals surface area contributed by atoms with Crippen LogP contribution in [0.2, 0.25) is 0 Å². The summed E-state index contributed by atoms with van der Waals surface area (Å²) in [6, 6.07) is 4.41. The zero-order valence-corrected chi connectivity index (χ0v) is 10.0. The lowest BCUT2D eigenvalue weighted by Crippen LogP contribution is -2.36. The van der Waals surface area contributed by atoms with Gasteiger partial charge in [-0.15, -0.1) is 0 Å². The molecule has 0 spiro atoms. The summed E-state index contributed by atoms with van der Waals surface area (Å²) < 4.78 is 0. The van der Waals surface area contributed by atoms with Crippen LogP contribution in [0.1, 0.15) is 37.4 Å². The van der Waals surface area contributed by atoms with E-state index in [4.69, 9.17) is 0 Å². The van der Waals surface area contributed by atoms with Gasteiger partial charge in [-0.05, 0) is 48.8 Å². The van der Waals surface area contributed by atoms with E-state index in [9.17, 15) is 5.11 Å². The molecule has 2 fully saturated rings. The van der Waals surface area contributed by atoms with Crippen LogP contribution in [-0.4, -0.2) is 22.7 Å². The van der Waals surface area contributed by atoms with Crippen molar-refractivity contribution in [2.75, 3.05) is 6.54 Å². The topological polar surface area (TPSA) is 45.1 Å². The molecule has 2 aliphatic carbocycles. The maximum absolute atomic E-state index is 10.1. The fourth-order valence-corrected chi connectivity index (χ4v) is 3.46. The lowest BCUT2D eigenvalue weighted by molar-refractivity contribution is 0.163. The Morgan fingerprint density at radius 1 is 1.29 bits per heavy atom. The average Bonchev–Trinajstić information content (AvgIpc) is 2.99.